The Balaban J connectivity index is 1.41. The van der Waals surface area contributed by atoms with Crippen LogP contribution >= 0.6 is 0 Å². The van der Waals surface area contributed by atoms with Gasteiger partial charge in [0.15, 0.2) is 0 Å². The third-order valence-electron chi connectivity index (χ3n) is 5.21. The van der Waals surface area contributed by atoms with Crippen LogP contribution in [0.2, 0.25) is 0 Å². The van der Waals surface area contributed by atoms with Gasteiger partial charge < -0.3 is 14.7 Å². The fourth-order valence-corrected chi connectivity index (χ4v) is 3.64. The van der Waals surface area contributed by atoms with Gasteiger partial charge in [-0.3, -0.25) is 9.59 Å². The zero-order valence-corrected chi connectivity index (χ0v) is 17.3. The van der Waals surface area contributed by atoms with E-state index in [9.17, 15) is 9.59 Å². The van der Waals surface area contributed by atoms with E-state index in [-0.39, 0.29) is 17.7 Å². The first-order valence-electron chi connectivity index (χ1n) is 10.3. The third kappa shape index (κ3) is 5.25. The molecule has 7 heteroatoms. The second-order valence-electron chi connectivity index (χ2n) is 7.58. The molecule has 1 N–H and O–H groups in total. The van der Waals surface area contributed by atoms with Crippen LogP contribution in [-0.2, 0) is 9.59 Å². The molecular formula is C24H24N4O3. The van der Waals surface area contributed by atoms with Crippen molar-refractivity contribution in [2.45, 2.75) is 25.7 Å². The highest BCUT2D eigenvalue weighted by Gasteiger charge is 2.28. The number of carbonyl (C=O) groups is 2. The zero-order valence-electron chi connectivity index (χ0n) is 17.3. The molecule has 31 heavy (non-hydrogen) atoms. The van der Waals surface area contributed by atoms with Crippen molar-refractivity contribution < 1.29 is 14.1 Å². The van der Waals surface area contributed by atoms with Crippen molar-refractivity contribution in [1.82, 2.24) is 15.0 Å². The summed E-state index contributed by atoms with van der Waals surface area (Å²) in [6, 6.07) is 17.0. The molecule has 1 unspecified atom stereocenters. The highest BCUT2D eigenvalue weighted by molar-refractivity contribution is 5.92. The number of benzene rings is 2. The van der Waals surface area contributed by atoms with Crippen molar-refractivity contribution >= 4 is 23.6 Å². The number of piperidine rings is 1. The van der Waals surface area contributed by atoms with Gasteiger partial charge >= 0.3 is 0 Å². The highest BCUT2D eigenvalue weighted by Crippen LogP contribution is 2.28. The molecule has 0 saturated carbocycles. The van der Waals surface area contributed by atoms with E-state index in [1.54, 1.807) is 18.2 Å². The minimum Gasteiger partial charge on any atom is -0.339 e. The maximum absolute atomic E-state index is 12.6. The van der Waals surface area contributed by atoms with Gasteiger partial charge in [0.2, 0.25) is 23.5 Å². The van der Waals surface area contributed by atoms with Gasteiger partial charge in [-0.15, -0.1) is 0 Å². The lowest BCUT2D eigenvalue weighted by molar-refractivity contribution is -0.127. The van der Waals surface area contributed by atoms with E-state index in [1.807, 2.05) is 53.4 Å². The fourth-order valence-electron chi connectivity index (χ4n) is 3.64. The summed E-state index contributed by atoms with van der Waals surface area (Å²) in [4.78, 5) is 30.2. The van der Waals surface area contributed by atoms with Gasteiger partial charge in [0, 0.05) is 37.3 Å². The average molecular weight is 416 g/mol. The van der Waals surface area contributed by atoms with Gasteiger partial charge in [-0.25, -0.2) is 0 Å². The summed E-state index contributed by atoms with van der Waals surface area (Å²) in [5.41, 5.74) is 2.51. The van der Waals surface area contributed by atoms with Gasteiger partial charge in [0.05, 0.1) is 5.92 Å². The van der Waals surface area contributed by atoms with Crippen LogP contribution in [0.3, 0.4) is 0 Å². The van der Waals surface area contributed by atoms with E-state index in [0.717, 1.165) is 30.5 Å². The average Bonchev–Trinajstić information content (AvgIpc) is 3.29. The first kappa shape index (κ1) is 20.5. The number of carbonyl (C=O) groups excluding carboxylic acids is 2. The van der Waals surface area contributed by atoms with Crippen LogP contribution in [0.5, 0.6) is 0 Å². The summed E-state index contributed by atoms with van der Waals surface area (Å²) in [6.45, 7) is 2.75. The standard InChI is InChI=1S/C24H24N4O3/c1-17(29)25-21-12-10-19(11-13-21)23-26-24(31-27-23)20-8-5-15-28(16-20)22(30)14-9-18-6-3-2-4-7-18/h2-4,6-7,9-14,20H,5,8,15-16H2,1H3,(H,25,29)/b14-9+. The molecule has 1 aliphatic heterocycles. The molecule has 2 amide bonds. The lowest BCUT2D eigenvalue weighted by atomic mass is 9.98. The van der Waals surface area contributed by atoms with Gasteiger partial charge in [-0.1, -0.05) is 35.5 Å². The molecule has 0 bridgehead atoms. The smallest absolute Gasteiger partial charge is 0.246 e. The highest BCUT2D eigenvalue weighted by atomic mass is 16.5. The lowest BCUT2D eigenvalue weighted by Gasteiger charge is -2.30. The van der Waals surface area contributed by atoms with E-state index in [0.29, 0.717) is 23.9 Å². The third-order valence-corrected chi connectivity index (χ3v) is 5.21. The van der Waals surface area contributed by atoms with Crippen LogP contribution in [0.15, 0.2) is 65.2 Å². The first-order chi connectivity index (χ1) is 15.1. The Kier molecular flexibility index (Phi) is 6.21. The zero-order chi connectivity index (χ0) is 21.6. The Bertz CT molecular complexity index is 1070. The number of hydrogen-bond donors (Lipinski definition) is 1. The largest absolute Gasteiger partial charge is 0.339 e. The van der Waals surface area contributed by atoms with Gasteiger partial charge in [0.1, 0.15) is 0 Å². The van der Waals surface area contributed by atoms with Crippen molar-refractivity contribution in [2.24, 2.45) is 0 Å². The van der Waals surface area contributed by atoms with E-state index in [2.05, 4.69) is 15.5 Å². The topological polar surface area (TPSA) is 88.3 Å². The molecule has 0 spiro atoms. The van der Waals surface area contributed by atoms with Gasteiger partial charge in [-0.2, -0.15) is 4.98 Å². The minimum absolute atomic E-state index is 0.0122. The molecule has 2 heterocycles. The molecule has 0 aliphatic carbocycles. The second-order valence-corrected chi connectivity index (χ2v) is 7.58. The summed E-state index contributed by atoms with van der Waals surface area (Å²) in [7, 11) is 0. The summed E-state index contributed by atoms with van der Waals surface area (Å²) < 4.78 is 5.52. The van der Waals surface area contributed by atoms with E-state index in [1.165, 1.54) is 6.92 Å². The molecule has 4 rings (SSSR count). The summed E-state index contributed by atoms with van der Waals surface area (Å²) in [5.74, 6) is 0.927. The molecule has 1 atom stereocenters. The molecular weight excluding hydrogens is 392 g/mol. The molecule has 0 radical (unpaired) electrons. The number of rotatable bonds is 5. The summed E-state index contributed by atoms with van der Waals surface area (Å²) in [5, 5.41) is 6.84. The number of aromatic nitrogens is 2. The lowest BCUT2D eigenvalue weighted by Crippen LogP contribution is -2.38. The van der Waals surface area contributed by atoms with Gasteiger partial charge in [-0.05, 0) is 48.7 Å². The number of nitrogens with one attached hydrogen (secondary N) is 1. The molecule has 7 nitrogen and oxygen atoms in total. The van der Waals surface area contributed by atoms with E-state index in [4.69, 9.17) is 4.52 Å². The Labute approximate surface area is 180 Å². The molecule has 1 saturated heterocycles. The predicted octanol–water partition coefficient (Wildman–Crippen LogP) is 4.11. The quantitative estimate of drug-likeness (QED) is 0.632. The van der Waals surface area contributed by atoms with Crippen molar-refractivity contribution in [2.75, 3.05) is 18.4 Å². The molecule has 2 aromatic carbocycles. The van der Waals surface area contributed by atoms with Gasteiger partial charge in [0.25, 0.3) is 0 Å². The molecule has 1 aliphatic rings. The van der Waals surface area contributed by atoms with Crippen molar-refractivity contribution in [3.05, 3.63) is 72.1 Å². The van der Waals surface area contributed by atoms with Crippen molar-refractivity contribution in [3.63, 3.8) is 0 Å². The molecule has 158 valence electrons. The van der Waals surface area contributed by atoms with E-state index >= 15 is 0 Å². The second kappa shape index (κ2) is 9.38. The fraction of sp³-hybridized carbons (Fsp3) is 0.250. The predicted molar refractivity (Wildman–Crippen MR) is 118 cm³/mol. The van der Waals surface area contributed by atoms with Crippen LogP contribution < -0.4 is 5.32 Å². The Morgan fingerprint density at radius 2 is 1.90 bits per heavy atom. The number of hydrogen-bond acceptors (Lipinski definition) is 5. The maximum Gasteiger partial charge on any atom is 0.246 e. The molecule has 1 fully saturated rings. The normalized spacial score (nSPS) is 16.4. The van der Waals surface area contributed by atoms with Crippen LogP contribution in [0, 0.1) is 0 Å². The minimum atomic E-state index is -0.121. The monoisotopic (exact) mass is 416 g/mol. The van der Waals surface area contributed by atoms with Crippen LogP contribution in [0.4, 0.5) is 5.69 Å². The Hall–Kier alpha value is -3.74. The van der Waals surface area contributed by atoms with Crippen molar-refractivity contribution in [1.29, 1.82) is 0 Å². The van der Waals surface area contributed by atoms with Crippen LogP contribution in [-0.4, -0.2) is 39.9 Å². The van der Waals surface area contributed by atoms with Crippen LogP contribution in [0.25, 0.3) is 17.5 Å². The summed E-state index contributed by atoms with van der Waals surface area (Å²) in [6.07, 6.45) is 5.24. The number of nitrogens with zero attached hydrogens (tertiary/aromatic N) is 3. The molecule has 1 aromatic heterocycles. The van der Waals surface area contributed by atoms with Crippen LogP contribution in [0.1, 0.15) is 37.1 Å². The maximum atomic E-state index is 12.6. The SMILES string of the molecule is CC(=O)Nc1ccc(-c2noc(C3CCCN(C(=O)/C=C/c4ccccc4)C3)n2)cc1. The summed E-state index contributed by atoms with van der Waals surface area (Å²) >= 11 is 0. The number of amides is 2. The number of likely N-dealkylation sites (tertiary alicyclic amines) is 1. The number of anilines is 1. The molecule has 3 aromatic rings. The van der Waals surface area contributed by atoms with E-state index < -0.39 is 0 Å². The Morgan fingerprint density at radius 3 is 2.65 bits per heavy atom. The first-order valence-corrected chi connectivity index (χ1v) is 10.3. The van der Waals surface area contributed by atoms with Crippen molar-refractivity contribution in [3.8, 4) is 11.4 Å². The Morgan fingerprint density at radius 1 is 1.13 bits per heavy atom.